The molecule has 0 unspecified atom stereocenters. The molecule has 4 nitrogen and oxygen atoms in total. The van der Waals surface area contributed by atoms with E-state index >= 15 is 0 Å². The molecule has 0 aliphatic carbocycles. The van der Waals surface area contributed by atoms with E-state index in [4.69, 9.17) is 21.6 Å². The van der Waals surface area contributed by atoms with Crippen molar-refractivity contribution in [2.45, 2.75) is 20.3 Å². The average molecular weight is 358 g/mol. The molecule has 2 rings (SSSR count). The van der Waals surface area contributed by atoms with E-state index < -0.39 is 5.41 Å². The summed E-state index contributed by atoms with van der Waals surface area (Å²) in [5.74, 6) is 0.523. The second-order valence-electron chi connectivity index (χ2n) is 5.30. The maximum Gasteiger partial charge on any atom is 0.228 e. The van der Waals surface area contributed by atoms with Gasteiger partial charge >= 0.3 is 0 Å². The Bertz CT molecular complexity index is 596. The van der Waals surface area contributed by atoms with Crippen LogP contribution in [0.25, 0.3) is 0 Å². The summed E-state index contributed by atoms with van der Waals surface area (Å²) in [5, 5.41) is 9.56. The van der Waals surface area contributed by atoms with Crippen LogP contribution in [0, 0.1) is 16.7 Å². The molecule has 0 fully saturated rings. The molecule has 1 aliphatic heterocycles. The van der Waals surface area contributed by atoms with Gasteiger partial charge in [0.25, 0.3) is 0 Å². The van der Waals surface area contributed by atoms with Gasteiger partial charge in [-0.15, -0.1) is 0 Å². The SMILES string of the molecule is CC(C)(C#N)CC(=O)N1CCOc2cc(Br)c(Cl)cc21. The number of carbonyl (C=O) groups excluding carboxylic acids is 1. The topological polar surface area (TPSA) is 53.3 Å². The number of benzene rings is 1. The number of nitriles is 1. The zero-order valence-corrected chi connectivity index (χ0v) is 13.6. The van der Waals surface area contributed by atoms with Gasteiger partial charge in [0.1, 0.15) is 12.4 Å². The predicted octanol–water partition coefficient (Wildman–Crippen LogP) is 3.77. The first-order valence-corrected chi connectivity index (χ1v) is 7.34. The first-order chi connectivity index (χ1) is 9.34. The molecular formula is C14H14BrClN2O2. The molecule has 1 aliphatic rings. The average Bonchev–Trinajstić information content (AvgIpc) is 2.39. The molecule has 1 amide bonds. The Kier molecular flexibility index (Phi) is 4.26. The van der Waals surface area contributed by atoms with Gasteiger partial charge in [0.2, 0.25) is 5.91 Å². The maximum absolute atomic E-state index is 12.4. The van der Waals surface area contributed by atoms with E-state index in [-0.39, 0.29) is 12.3 Å². The van der Waals surface area contributed by atoms with Crippen LogP contribution in [0.2, 0.25) is 5.02 Å². The van der Waals surface area contributed by atoms with Gasteiger partial charge < -0.3 is 9.64 Å². The standard InChI is InChI=1S/C14H14BrClN2O2/c1-14(2,8-17)7-13(19)18-3-4-20-12-5-9(15)10(16)6-11(12)18/h5-6H,3-4,7H2,1-2H3. The van der Waals surface area contributed by atoms with Crippen molar-refractivity contribution >= 4 is 39.1 Å². The number of rotatable bonds is 2. The van der Waals surface area contributed by atoms with Crippen LogP contribution in [0.4, 0.5) is 5.69 Å². The Labute approximate surface area is 131 Å². The Morgan fingerprint density at radius 2 is 2.30 bits per heavy atom. The van der Waals surface area contributed by atoms with E-state index in [1.807, 2.05) is 0 Å². The molecule has 0 N–H and O–H groups in total. The van der Waals surface area contributed by atoms with E-state index in [2.05, 4.69) is 22.0 Å². The number of carbonyl (C=O) groups is 1. The minimum atomic E-state index is -0.686. The molecule has 0 bridgehead atoms. The highest BCUT2D eigenvalue weighted by Gasteiger charge is 2.29. The van der Waals surface area contributed by atoms with Crippen LogP contribution in [0.1, 0.15) is 20.3 Å². The Morgan fingerprint density at radius 3 is 2.95 bits per heavy atom. The third-order valence-electron chi connectivity index (χ3n) is 3.06. The molecular weight excluding hydrogens is 344 g/mol. The predicted molar refractivity (Wildman–Crippen MR) is 81.0 cm³/mol. The fraction of sp³-hybridized carbons (Fsp3) is 0.429. The van der Waals surface area contributed by atoms with Gasteiger partial charge in [-0.1, -0.05) is 11.6 Å². The summed E-state index contributed by atoms with van der Waals surface area (Å²) in [6.07, 6.45) is 0.163. The highest BCUT2D eigenvalue weighted by atomic mass is 79.9. The fourth-order valence-corrected chi connectivity index (χ4v) is 2.46. The molecule has 0 saturated heterocycles. The Hall–Kier alpha value is -1.25. The lowest BCUT2D eigenvalue weighted by Crippen LogP contribution is -2.39. The van der Waals surface area contributed by atoms with Gasteiger partial charge in [-0.05, 0) is 41.9 Å². The van der Waals surface area contributed by atoms with E-state index in [9.17, 15) is 4.79 Å². The second kappa shape index (κ2) is 5.63. The van der Waals surface area contributed by atoms with Crippen molar-refractivity contribution in [3.8, 4) is 11.8 Å². The largest absolute Gasteiger partial charge is 0.489 e. The van der Waals surface area contributed by atoms with E-state index in [1.54, 1.807) is 30.9 Å². The summed E-state index contributed by atoms with van der Waals surface area (Å²) in [7, 11) is 0. The summed E-state index contributed by atoms with van der Waals surface area (Å²) >= 11 is 9.42. The maximum atomic E-state index is 12.4. The van der Waals surface area contributed by atoms with Crippen molar-refractivity contribution < 1.29 is 9.53 Å². The summed E-state index contributed by atoms with van der Waals surface area (Å²) in [6, 6.07) is 5.61. The van der Waals surface area contributed by atoms with Crippen molar-refractivity contribution in [3.63, 3.8) is 0 Å². The molecule has 6 heteroatoms. The third kappa shape index (κ3) is 3.08. The highest BCUT2D eigenvalue weighted by molar-refractivity contribution is 9.10. The van der Waals surface area contributed by atoms with Gasteiger partial charge in [0, 0.05) is 10.9 Å². The summed E-state index contributed by atoms with van der Waals surface area (Å²) < 4.78 is 6.28. The summed E-state index contributed by atoms with van der Waals surface area (Å²) in [6.45, 7) is 4.40. The van der Waals surface area contributed by atoms with Crippen LogP contribution >= 0.6 is 27.5 Å². The van der Waals surface area contributed by atoms with Crippen LogP contribution in [0.3, 0.4) is 0 Å². The van der Waals surface area contributed by atoms with Crippen molar-refractivity contribution in [2.75, 3.05) is 18.1 Å². The number of anilines is 1. The first kappa shape index (κ1) is 15.1. The molecule has 0 atom stereocenters. The number of ether oxygens (including phenoxy) is 1. The van der Waals surface area contributed by atoms with Crippen molar-refractivity contribution in [3.05, 3.63) is 21.6 Å². The molecule has 0 saturated carbocycles. The molecule has 0 aromatic heterocycles. The van der Waals surface area contributed by atoms with Gasteiger partial charge in [0.05, 0.1) is 28.7 Å². The molecule has 1 heterocycles. The van der Waals surface area contributed by atoms with Crippen LogP contribution in [-0.2, 0) is 4.79 Å². The van der Waals surface area contributed by atoms with Crippen molar-refractivity contribution in [2.24, 2.45) is 5.41 Å². The number of hydrogen-bond donors (Lipinski definition) is 0. The van der Waals surface area contributed by atoms with E-state index in [0.717, 1.165) is 4.47 Å². The number of hydrogen-bond acceptors (Lipinski definition) is 3. The van der Waals surface area contributed by atoms with Gasteiger partial charge in [0.15, 0.2) is 0 Å². The van der Waals surface area contributed by atoms with E-state index in [0.29, 0.717) is 29.6 Å². The quantitative estimate of drug-likeness (QED) is 0.809. The normalized spacial score (nSPS) is 14.2. The van der Waals surface area contributed by atoms with Gasteiger partial charge in [-0.25, -0.2) is 0 Å². The van der Waals surface area contributed by atoms with Crippen molar-refractivity contribution in [1.29, 1.82) is 5.26 Å². The molecule has 0 radical (unpaired) electrons. The van der Waals surface area contributed by atoms with Gasteiger partial charge in [-0.2, -0.15) is 5.26 Å². The minimum absolute atomic E-state index is 0.0977. The smallest absolute Gasteiger partial charge is 0.228 e. The van der Waals surface area contributed by atoms with Crippen LogP contribution < -0.4 is 9.64 Å². The molecule has 20 heavy (non-hydrogen) atoms. The number of nitrogens with zero attached hydrogens (tertiary/aromatic N) is 2. The Morgan fingerprint density at radius 1 is 1.60 bits per heavy atom. The van der Waals surface area contributed by atoms with Crippen molar-refractivity contribution in [1.82, 2.24) is 0 Å². The second-order valence-corrected chi connectivity index (χ2v) is 6.56. The molecule has 1 aromatic rings. The molecule has 0 spiro atoms. The van der Waals surface area contributed by atoms with Crippen LogP contribution in [0.5, 0.6) is 5.75 Å². The number of amides is 1. The van der Waals surface area contributed by atoms with E-state index in [1.165, 1.54) is 0 Å². The lowest BCUT2D eigenvalue weighted by molar-refractivity contribution is -0.120. The lowest BCUT2D eigenvalue weighted by atomic mass is 9.90. The first-order valence-electron chi connectivity index (χ1n) is 6.17. The Balaban J connectivity index is 2.31. The summed E-state index contributed by atoms with van der Waals surface area (Å²) in [4.78, 5) is 14.0. The zero-order valence-electron chi connectivity index (χ0n) is 11.2. The monoisotopic (exact) mass is 356 g/mol. The minimum Gasteiger partial charge on any atom is -0.489 e. The fourth-order valence-electron chi connectivity index (χ4n) is 1.98. The third-order valence-corrected chi connectivity index (χ3v) is 4.26. The molecule has 106 valence electrons. The summed E-state index contributed by atoms with van der Waals surface area (Å²) in [5.41, 5.74) is -0.0301. The molecule has 1 aromatic carbocycles. The van der Waals surface area contributed by atoms with Crippen LogP contribution in [-0.4, -0.2) is 19.1 Å². The number of fused-ring (bicyclic) bond motifs is 1. The van der Waals surface area contributed by atoms with Gasteiger partial charge in [-0.3, -0.25) is 4.79 Å². The lowest BCUT2D eigenvalue weighted by Gasteiger charge is -2.31. The highest BCUT2D eigenvalue weighted by Crippen LogP contribution is 2.39. The van der Waals surface area contributed by atoms with Crippen LogP contribution in [0.15, 0.2) is 16.6 Å². The number of halogens is 2. The zero-order chi connectivity index (χ0) is 14.9.